The first-order valence-corrected chi connectivity index (χ1v) is 7.68. The Kier molecular flexibility index (Phi) is 4.55. The first-order chi connectivity index (χ1) is 8.27. The molecule has 104 valence electrons. The van der Waals surface area contributed by atoms with Gasteiger partial charge in [0.15, 0.2) is 9.84 Å². The van der Waals surface area contributed by atoms with Gasteiger partial charge in [0.2, 0.25) is 5.91 Å². The van der Waals surface area contributed by atoms with Gasteiger partial charge in [-0.05, 0) is 19.8 Å². The Balaban J connectivity index is 2.61. The molecule has 0 aromatic rings. The summed E-state index contributed by atoms with van der Waals surface area (Å²) in [5.74, 6) is -0.263. The minimum Gasteiger partial charge on any atom is -0.409 e. The summed E-state index contributed by atoms with van der Waals surface area (Å²) in [5, 5.41) is 10.5. The van der Waals surface area contributed by atoms with Crippen molar-refractivity contribution in [2.24, 2.45) is 16.8 Å². The van der Waals surface area contributed by atoms with Crippen LogP contribution in [0.2, 0.25) is 0 Å². The summed E-state index contributed by atoms with van der Waals surface area (Å²) < 4.78 is 22.6. The summed E-state index contributed by atoms with van der Waals surface area (Å²) in [6.07, 6.45) is 2.22. The highest BCUT2D eigenvalue weighted by Crippen LogP contribution is 2.18. The van der Waals surface area contributed by atoms with Crippen LogP contribution in [0.25, 0.3) is 0 Å². The molecule has 1 aliphatic heterocycles. The van der Waals surface area contributed by atoms with Crippen molar-refractivity contribution in [3.05, 3.63) is 0 Å². The molecule has 1 amide bonds. The molecule has 0 saturated carbocycles. The third-order valence-electron chi connectivity index (χ3n) is 3.33. The molecule has 0 aliphatic carbocycles. The average molecular weight is 277 g/mol. The van der Waals surface area contributed by atoms with E-state index in [1.165, 1.54) is 11.8 Å². The predicted molar refractivity (Wildman–Crippen MR) is 67.0 cm³/mol. The maximum Gasteiger partial charge on any atom is 0.240 e. The van der Waals surface area contributed by atoms with Crippen molar-refractivity contribution < 1.29 is 18.4 Å². The Labute approximate surface area is 107 Å². The second-order valence-electron chi connectivity index (χ2n) is 4.60. The van der Waals surface area contributed by atoms with Crippen molar-refractivity contribution in [2.75, 3.05) is 19.3 Å². The molecule has 1 rings (SSSR count). The number of rotatable bonds is 3. The maximum absolute atomic E-state index is 11.9. The molecule has 1 unspecified atom stereocenters. The number of carbonyl (C=O) groups is 1. The van der Waals surface area contributed by atoms with Crippen molar-refractivity contribution in [3.8, 4) is 0 Å². The minimum absolute atomic E-state index is 0.0485. The summed E-state index contributed by atoms with van der Waals surface area (Å²) in [6.45, 7) is 2.26. The molecule has 0 bridgehead atoms. The lowest BCUT2D eigenvalue weighted by Gasteiger charge is -2.32. The van der Waals surface area contributed by atoms with Gasteiger partial charge in [-0.25, -0.2) is 8.42 Å². The molecule has 1 fully saturated rings. The second-order valence-corrected chi connectivity index (χ2v) is 6.96. The molecule has 0 radical (unpaired) electrons. The number of hydrogen-bond donors (Lipinski definition) is 2. The second kappa shape index (κ2) is 5.55. The molecule has 7 nitrogen and oxygen atoms in total. The van der Waals surface area contributed by atoms with Gasteiger partial charge in [0, 0.05) is 25.3 Å². The molecule has 1 aliphatic rings. The lowest BCUT2D eigenvalue weighted by atomic mass is 9.96. The fourth-order valence-corrected chi connectivity index (χ4v) is 2.43. The quantitative estimate of drug-likeness (QED) is 0.310. The van der Waals surface area contributed by atoms with Gasteiger partial charge in [-0.3, -0.25) is 4.79 Å². The third-order valence-corrected chi connectivity index (χ3v) is 4.82. The zero-order chi connectivity index (χ0) is 13.9. The van der Waals surface area contributed by atoms with E-state index in [4.69, 9.17) is 10.9 Å². The van der Waals surface area contributed by atoms with Crippen molar-refractivity contribution in [3.63, 3.8) is 0 Å². The van der Waals surface area contributed by atoms with Crippen molar-refractivity contribution in [2.45, 2.75) is 25.0 Å². The number of amides is 1. The Morgan fingerprint density at radius 1 is 1.44 bits per heavy atom. The summed E-state index contributed by atoms with van der Waals surface area (Å²) >= 11 is 0. The molecule has 3 N–H and O–H groups in total. The first-order valence-electron chi connectivity index (χ1n) is 5.72. The number of sulfone groups is 1. The number of nitrogens with zero attached hydrogens (tertiary/aromatic N) is 2. The van der Waals surface area contributed by atoms with Crippen LogP contribution in [0.15, 0.2) is 5.16 Å². The van der Waals surface area contributed by atoms with E-state index in [9.17, 15) is 13.2 Å². The van der Waals surface area contributed by atoms with E-state index in [0.717, 1.165) is 6.26 Å². The highest BCUT2D eigenvalue weighted by atomic mass is 32.2. The van der Waals surface area contributed by atoms with Crippen LogP contribution in [-0.2, 0) is 14.6 Å². The van der Waals surface area contributed by atoms with E-state index in [1.54, 1.807) is 0 Å². The third kappa shape index (κ3) is 3.34. The van der Waals surface area contributed by atoms with Gasteiger partial charge in [0.25, 0.3) is 0 Å². The normalized spacial score (nSPS) is 20.8. The molecular formula is C10H19N3O4S. The number of likely N-dealkylation sites (tertiary alicyclic amines) is 1. The van der Waals surface area contributed by atoms with E-state index in [-0.39, 0.29) is 17.7 Å². The molecule has 1 heterocycles. The van der Waals surface area contributed by atoms with Gasteiger partial charge < -0.3 is 15.8 Å². The van der Waals surface area contributed by atoms with Gasteiger partial charge in [-0.15, -0.1) is 0 Å². The molecule has 1 atom stereocenters. The topological polar surface area (TPSA) is 113 Å². The van der Waals surface area contributed by atoms with E-state index in [2.05, 4.69) is 5.16 Å². The summed E-state index contributed by atoms with van der Waals surface area (Å²) in [6, 6.07) is 0. The standard InChI is InChI=1S/C10H19N3O4S/c1-7(18(2,16)17)10(14)13-5-3-8(4-6-13)9(11)12-15/h7-8,15H,3-6H2,1-2H3,(H2,11,12). The van der Waals surface area contributed by atoms with Crippen molar-refractivity contribution in [1.82, 2.24) is 4.90 Å². The van der Waals surface area contributed by atoms with E-state index < -0.39 is 15.1 Å². The Bertz CT molecular complexity index is 438. The van der Waals surface area contributed by atoms with Crippen molar-refractivity contribution >= 4 is 21.6 Å². The van der Waals surface area contributed by atoms with Gasteiger partial charge in [0.05, 0.1) is 0 Å². The van der Waals surface area contributed by atoms with E-state index in [0.29, 0.717) is 25.9 Å². The van der Waals surface area contributed by atoms with E-state index in [1.807, 2.05) is 0 Å². The Morgan fingerprint density at radius 2 is 1.94 bits per heavy atom. The monoisotopic (exact) mass is 277 g/mol. The lowest BCUT2D eigenvalue weighted by Crippen LogP contribution is -2.46. The minimum atomic E-state index is -3.37. The van der Waals surface area contributed by atoms with Crippen LogP contribution in [0, 0.1) is 5.92 Å². The molecule has 8 heteroatoms. The largest absolute Gasteiger partial charge is 0.409 e. The Hall–Kier alpha value is -1.31. The number of carbonyl (C=O) groups excluding carboxylic acids is 1. The molecular weight excluding hydrogens is 258 g/mol. The van der Waals surface area contributed by atoms with Crippen molar-refractivity contribution in [1.29, 1.82) is 0 Å². The van der Waals surface area contributed by atoms with Crippen LogP contribution in [0.4, 0.5) is 0 Å². The van der Waals surface area contributed by atoms with Crippen LogP contribution in [-0.4, -0.2) is 54.9 Å². The molecule has 0 aromatic carbocycles. The average Bonchev–Trinajstić information content (AvgIpc) is 2.35. The van der Waals surface area contributed by atoms with Gasteiger partial charge in [0.1, 0.15) is 11.1 Å². The highest BCUT2D eigenvalue weighted by Gasteiger charge is 2.31. The molecule has 0 spiro atoms. The molecule has 1 saturated heterocycles. The van der Waals surface area contributed by atoms with Crippen LogP contribution in [0.3, 0.4) is 0 Å². The number of oxime groups is 1. The zero-order valence-electron chi connectivity index (χ0n) is 10.5. The van der Waals surface area contributed by atoms with Gasteiger partial charge in [-0.1, -0.05) is 5.16 Å². The van der Waals surface area contributed by atoms with Crippen LogP contribution < -0.4 is 5.73 Å². The lowest BCUT2D eigenvalue weighted by molar-refractivity contribution is -0.131. The molecule has 0 aromatic heterocycles. The Morgan fingerprint density at radius 3 is 2.33 bits per heavy atom. The SMILES string of the molecule is CC(C(=O)N1CCC(C(N)=NO)CC1)S(C)(=O)=O. The fraction of sp³-hybridized carbons (Fsp3) is 0.800. The summed E-state index contributed by atoms with van der Waals surface area (Å²) in [7, 11) is -3.37. The number of amidine groups is 1. The smallest absolute Gasteiger partial charge is 0.240 e. The summed E-state index contributed by atoms with van der Waals surface area (Å²) in [4.78, 5) is 13.4. The zero-order valence-corrected chi connectivity index (χ0v) is 11.4. The van der Waals surface area contributed by atoms with Crippen LogP contribution in [0.5, 0.6) is 0 Å². The number of hydrogen-bond acceptors (Lipinski definition) is 5. The number of piperidine rings is 1. The van der Waals surface area contributed by atoms with Crippen LogP contribution >= 0.6 is 0 Å². The van der Waals surface area contributed by atoms with Gasteiger partial charge in [-0.2, -0.15) is 0 Å². The van der Waals surface area contributed by atoms with Crippen LogP contribution in [0.1, 0.15) is 19.8 Å². The first kappa shape index (κ1) is 14.7. The highest BCUT2D eigenvalue weighted by molar-refractivity contribution is 7.92. The van der Waals surface area contributed by atoms with E-state index >= 15 is 0 Å². The van der Waals surface area contributed by atoms with Gasteiger partial charge >= 0.3 is 0 Å². The number of nitrogens with two attached hydrogens (primary N) is 1. The molecule has 18 heavy (non-hydrogen) atoms. The predicted octanol–water partition coefficient (Wildman–Crippen LogP) is -0.595. The fourth-order valence-electron chi connectivity index (χ4n) is 1.92. The summed E-state index contributed by atoms with van der Waals surface area (Å²) in [5.41, 5.74) is 5.50. The maximum atomic E-state index is 11.9.